The summed E-state index contributed by atoms with van der Waals surface area (Å²) in [5, 5.41) is 9.19. The molecule has 0 spiro atoms. The molecule has 0 atom stereocenters. The fourth-order valence-corrected chi connectivity index (χ4v) is 0.994. The van der Waals surface area contributed by atoms with Crippen molar-refractivity contribution in [3.05, 3.63) is 34.1 Å². The van der Waals surface area contributed by atoms with Gasteiger partial charge in [-0.05, 0) is 11.6 Å². The standard InChI is InChI=1S/C8H7Cl2NO/c9-7-4-6(2-1-3-12)5-11-8(7)10/h1-2,4-5,12H,3H2. The zero-order chi connectivity index (χ0) is 8.97. The lowest BCUT2D eigenvalue weighted by molar-refractivity contribution is 0.343. The van der Waals surface area contributed by atoms with E-state index in [4.69, 9.17) is 28.3 Å². The van der Waals surface area contributed by atoms with E-state index >= 15 is 0 Å². The van der Waals surface area contributed by atoms with Gasteiger partial charge >= 0.3 is 0 Å². The van der Waals surface area contributed by atoms with Crippen LogP contribution in [0.2, 0.25) is 10.2 Å². The van der Waals surface area contributed by atoms with Crippen molar-refractivity contribution in [1.82, 2.24) is 4.98 Å². The summed E-state index contributed by atoms with van der Waals surface area (Å²) in [6, 6.07) is 1.68. The smallest absolute Gasteiger partial charge is 0.147 e. The Morgan fingerprint density at radius 1 is 1.50 bits per heavy atom. The van der Waals surface area contributed by atoms with Gasteiger partial charge in [0.25, 0.3) is 0 Å². The molecular weight excluding hydrogens is 197 g/mol. The summed E-state index contributed by atoms with van der Waals surface area (Å²) in [6.45, 7) is 0.000244. The minimum absolute atomic E-state index is 0.000244. The molecule has 0 unspecified atom stereocenters. The molecule has 1 heterocycles. The molecule has 0 aliphatic carbocycles. The van der Waals surface area contributed by atoms with Crippen LogP contribution in [0, 0.1) is 0 Å². The van der Waals surface area contributed by atoms with Crippen LogP contribution in [0.15, 0.2) is 18.3 Å². The first-order valence-corrected chi connectivity index (χ1v) is 4.08. The van der Waals surface area contributed by atoms with E-state index in [0.717, 1.165) is 5.56 Å². The third kappa shape index (κ3) is 2.48. The molecule has 64 valence electrons. The molecule has 0 aliphatic heterocycles. The second kappa shape index (κ2) is 4.45. The number of hydrogen-bond acceptors (Lipinski definition) is 2. The molecule has 1 aromatic rings. The Kier molecular flexibility index (Phi) is 3.53. The fraction of sp³-hybridized carbons (Fsp3) is 0.125. The molecule has 1 rings (SSSR count). The van der Waals surface area contributed by atoms with Gasteiger partial charge in [-0.15, -0.1) is 0 Å². The molecule has 12 heavy (non-hydrogen) atoms. The summed E-state index contributed by atoms with van der Waals surface area (Å²) in [6.07, 6.45) is 4.90. The van der Waals surface area contributed by atoms with E-state index in [1.54, 1.807) is 24.4 Å². The van der Waals surface area contributed by atoms with Gasteiger partial charge < -0.3 is 5.11 Å². The zero-order valence-corrected chi connectivity index (χ0v) is 7.68. The third-order valence-electron chi connectivity index (χ3n) is 1.23. The van der Waals surface area contributed by atoms with Crippen molar-refractivity contribution in [2.24, 2.45) is 0 Å². The molecule has 0 bridgehead atoms. The highest BCUT2D eigenvalue weighted by Gasteiger charge is 1.97. The predicted molar refractivity (Wildman–Crippen MR) is 50.4 cm³/mol. The molecule has 1 N–H and O–H groups in total. The molecule has 1 aromatic heterocycles. The molecule has 0 saturated heterocycles. The van der Waals surface area contributed by atoms with E-state index in [1.807, 2.05) is 0 Å². The number of aliphatic hydroxyl groups is 1. The Hall–Kier alpha value is -0.570. The highest BCUT2D eigenvalue weighted by molar-refractivity contribution is 6.41. The Morgan fingerprint density at radius 3 is 2.83 bits per heavy atom. The topological polar surface area (TPSA) is 33.1 Å². The number of halogens is 2. The van der Waals surface area contributed by atoms with Crippen LogP contribution in [0.1, 0.15) is 5.56 Å². The van der Waals surface area contributed by atoms with Gasteiger partial charge in [-0.2, -0.15) is 0 Å². The van der Waals surface area contributed by atoms with Gasteiger partial charge in [0.1, 0.15) is 5.15 Å². The lowest BCUT2D eigenvalue weighted by Gasteiger charge is -1.95. The average Bonchev–Trinajstić information content (AvgIpc) is 2.07. The highest BCUT2D eigenvalue weighted by Crippen LogP contribution is 2.19. The van der Waals surface area contributed by atoms with Crippen molar-refractivity contribution >= 4 is 29.3 Å². The van der Waals surface area contributed by atoms with Crippen LogP contribution < -0.4 is 0 Å². The first-order valence-electron chi connectivity index (χ1n) is 3.32. The van der Waals surface area contributed by atoms with E-state index in [0.29, 0.717) is 5.02 Å². The van der Waals surface area contributed by atoms with Gasteiger partial charge in [-0.25, -0.2) is 4.98 Å². The summed E-state index contributed by atoms with van der Waals surface area (Å²) in [5.74, 6) is 0. The first-order chi connectivity index (χ1) is 5.74. The molecule has 4 heteroatoms. The highest BCUT2D eigenvalue weighted by atomic mass is 35.5. The molecule has 0 amide bonds. The van der Waals surface area contributed by atoms with Crippen molar-refractivity contribution in [3.63, 3.8) is 0 Å². The maximum absolute atomic E-state index is 8.49. The minimum atomic E-state index is 0.000244. The second-order valence-corrected chi connectivity index (χ2v) is 2.89. The van der Waals surface area contributed by atoms with Gasteiger partial charge in [0, 0.05) is 6.20 Å². The Bertz CT molecular complexity index is 299. The molecule has 2 nitrogen and oxygen atoms in total. The predicted octanol–water partition coefficient (Wildman–Crippen LogP) is 2.39. The Morgan fingerprint density at radius 2 is 2.25 bits per heavy atom. The maximum Gasteiger partial charge on any atom is 0.147 e. The van der Waals surface area contributed by atoms with Crippen LogP contribution >= 0.6 is 23.2 Å². The number of aliphatic hydroxyl groups excluding tert-OH is 1. The molecular formula is C8H7Cl2NO. The summed E-state index contributed by atoms with van der Waals surface area (Å²) in [4.78, 5) is 3.83. The molecule has 0 aromatic carbocycles. The van der Waals surface area contributed by atoms with Gasteiger partial charge in [0.15, 0.2) is 0 Å². The summed E-state index contributed by atoms with van der Waals surface area (Å²) in [5.41, 5.74) is 0.818. The lowest BCUT2D eigenvalue weighted by Crippen LogP contribution is -1.80. The third-order valence-corrected chi connectivity index (χ3v) is 1.92. The average molecular weight is 204 g/mol. The maximum atomic E-state index is 8.49. The second-order valence-electron chi connectivity index (χ2n) is 2.13. The van der Waals surface area contributed by atoms with Crippen LogP contribution in [0.5, 0.6) is 0 Å². The van der Waals surface area contributed by atoms with Crippen LogP contribution in [0.25, 0.3) is 6.08 Å². The summed E-state index contributed by atoms with van der Waals surface area (Å²) < 4.78 is 0. The van der Waals surface area contributed by atoms with Gasteiger partial charge in [-0.3, -0.25) is 0 Å². The zero-order valence-electron chi connectivity index (χ0n) is 6.17. The fourth-order valence-electron chi connectivity index (χ4n) is 0.716. The summed E-state index contributed by atoms with van der Waals surface area (Å²) >= 11 is 11.3. The number of aromatic nitrogens is 1. The van der Waals surface area contributed by atoms with Crippen molar-refractivity contribution in [2.75, 3.05) is 6.61 Å². The SMILES string of the molecule is OCC=Cc1cnc(Cl)c(Cl)c1. The van der Waals surface area contributed by atoms with Gasteiger partial charge in [0.05, 0.1) is 11.6 Å². The largest absolute Gasteiger partial charge is 0.392 e. The molecule has 0 radical (unpaired) electrons. The van der Waals surface area contributed by atoms with E-state index in [9.17, 15) is 0 Å². The quantitative estimate of drug-likeness (QED) is 0.750. The van der Waals surface area contributed by atoms with Crippen molar-refractivity contribution in [1.29, 1.82) is 0 Å². The van der Waals surface area contributed by atoms with E-state index in [2.05, 4.69) is 4.98 Å². The van der Waals surface area contributed by atoms with Gasteiger partial charge in [0.2, 0.25) is 0 Å². The van der Waals surface area contributed by atoms with Crippen LogP contribution in [0.3, 0.4) is 0 Å². The van der Waals surface area contributed by atoms with E-state index < -0.39 is 0 Å². The van der Waals surface area contributed by atoms with E-state index in [1.165, 1.54) is 0 Å². The Labute approximate surface area is 80.5 Å². The minimum Gasteiger partial charge on any atom is -0.392 e. The number of rotatable bonds is 2. The normalized spacial score (nSPS) is 10.9. The lowest BCUT2D eigenvalue weighted by atomic mass is 10.2. The number of hydrogen-bond donors (Lipinski definition) is 1. The number of pyridine rings is 1. The van der Waals surface area contributed by atoms with Crippen molar-refractivity contribution < 1.29 is 5.11 Å². The molecule has 0 aliphatic rings. The molecule has 0 saturated carbocycles. The number of nitrogens with zero attached hydrogens (tertiary/aromatic N) is 1. The van der Waals surface area contributed by atoms with Crippen LogP contribution in [-0.4, -0.2) is 16.7 Å². The van der Waals surface area contributed by atoms with Crippen LogP contribution in [0.4, 0.5) is 0 Å². The Balaban J connectivity index is 2.89. The monoisotopic (exact) mass is 203 g/mol. The van der Waals surface area contributed by atoms with Gasteiger partial charge in [-0.1, -0.05) is 35.4 Å². The molecule has 0 fully saturated rings. The van der Waals surface area contributed by atoms with Crippen LogP contribution in [-0.2, 0) is 0 Å². The first kappa shape index (κ1) is 9.52. The van der Waals surface area contributed by atoms with E-state index in [-0.39, 0.29) is 11.8 Å². The summed E-state index contributed by atoms with van der Waals surface area (Å²) in [7, 11) is 0. The van der Waals surface area contributed by atoms with Crippen molar-refractivity contribution in [3.8, 4) is 0 Å². The van der Waals surface area contributed by atoms with Crippen molar-refractivity contribution in [2.45, 2.75) is 0 Å².